The Bertz CT molecular complexity index is 466. The maximum atomic E-state index is 10.1. The van der Waals surface area contributed by atoms with Crippen LogP contribution in [0.3, 0.4) is 0 Å². The lowest BCUT2D eigenvalue weighted by atomic mass is 10.1. The molecule has 0 spiro atoms. The van der Waals surface area contributed by atoms with Crippen LogP contribution < -0.4 is 0 Å². The van der Waals surface area contributed by atoms with Crippen molar-refractivity contribution in [3.63, 3.8) is 0 Å². The molecule has 1 unspecified atom stereocenters. The van der Waals surface area contributed by atoms with Crippen LogP contribution in [0.1, 0.15) is 36.2 Å². The second-order valence-electron chi connectivity index (χ2n) is 3.84. The fraction of sp³-hybridized carbons (Fsp3) is 0.545. The van der Waals surface area contributed by atoms with Crippen molar-refractivity contribution in [1.29, 1.82) is 0 Å². The lowest BCUT2D eigenvalue weighted by Gasteiger charge is -2.08. The van der Waals surface area contributed by atoms with Gasteiger partial charge in [-0.25, -0.2) is 0 Å². The van der Waals surface area contributed by atoms with Crippen LogP contribution in [-0.2, 0) is 19.4 Å². The molecule has 0 aliphatic heterocycles. The number of aromatic nitrogens is 4. The Morgan fingerprint density at radius 3 is 2.88 bits per heavy atom. The van der Waals surface area contributed by atoms with Gasteiger partial charge in [0.25, 0.3) is 0 Å². The fourth-order valence-electron chi connectivity index (χ4n) is 1.75. The van der Waals surface area contributed by atoms with Crippen LogP contribution in [0.5, 0.6) is 0 Å². The van der Waals surface area contributed by atoms with Gasteiger partial charge in [-0.05, 0) is 30.9 Å². The maximum absolute atomic E-state index is 10.1. The van der Waals surface area contributed by atoms with Crippen LogP contribution >= 0.6 is 11.5 Å². The first-order chi connectivity index (χ1) is 8.24. The van der Waals surface area contributed by atoms with E-state index in [1.165, 1.54) is 11.5 Å². The van der Waals surface area contributed by atoms with Crippen molar-refractivity contribution in [3.05, 3.63) is 28.5 Å². The summed E-state index contributed by atoms with van der Waals surface area (Å²) in [6.45, 7) is 4.95. The van der Waals surface area contributed by atoms with Gasteiger partial charge < -0.3 is 5.11 Å². The van der Waals surface area contributed by atoms with Crippen molar-refractivity contribution < 1.29 is 5.11 Å². The molecule has 92 valence electrons. The van der Waals surface area contributed by atoms with E-state index in [1.807, 2.05) is 4.68 Å². The minimum atomic E-state index is -0.540. The van der Waals surface area contributed by atoms with Gasteiger partial charge in [0.1, 0.15) is 0 Å². The topological polar surface area (TPSA) is 63.8 Å². The standard InChI is InChI=1S/C11H16N4OS/c1-3-8-5-9(15(4-2)13-8)6-10(16)11-7-12-14-17-11/h5,7,10,16H,3-4,6H2,1-2H3. The molecule has 17 heavy (non-hydrogen) atoms. The van der Waals surface area contributed by atoms with E-state index in [2.05, 4.69) is 34.6 Å². The zero-order valence-corrected chi connectivity index (χ0v) is 10.8. The number of hydrogen-bond acceptors (Lipinski definition) is 5. The first-order valence-electron chi connectivity index (χ1n) is 5.75. The van der Waals surface area contributed by atoms with E-state index < -0.39 is 6.10 Å². The molecular weight excluding hydrogens is 236 g/mol. The summed E-state index contributed by atoms with van der Waals surface area (Å²) < 4.78 is 5.70. The van der Waals surface area contributed by atoms with E-state index in [9.17, 15) is 5.11 Å². The first kappa shape index (κ1) is 12.2. The molecule has 6 heteroatoms. The van der Waals surface area contributed by atoms with Gasteiger partial charge in [-0.2, -0.15) is 5.10 Å². The summed E-state index contributed by atoms with van der Waals surface area (Å²) in [6.07, 6.45) is 2.55. The van der Waals surface area contributed by atoms with Crippen molar-refractivity contribution in [2.45, 2.75) is 39.3 Å². The Hall–Kier alpha value is -1.27. The van der Waals surface area contributed by atoms with Crippen LogP contribution in [0.2, 0.25) is 0 Å². The Labute approximate surface area is 104 Å². The number of aliphatic hydroxyl groups is 1. The molecule has 0 saturated carbocycles. The molecule has 0 radical (unpaired) electrons. The third kappa shape index (κ3) is 2.70. The second-order valence-corrected chi connectivity index (χ2v) is 4.65. The third-order valence-corrected chi connectivity index (χ3v) is 3.45. The van der Waals surface area contributed by atoms with Crippen LogP contribution in [-0.4, -0.2) is 24.5 Å². The van der Waals surface area contributed by atoms with Gasteiger partial charge in [0, 0.05) is 18.7 Å². The zero-order valence-electron chi connectivity index (χ0n) is 10.00. The van der Waals surface area contributed by atoms with Crippen molar-refractivity contribution >= 4 is 11.5 Å². The van der Waals surface area contributed by atoms with E-state index in [4.69, 9.17) is 0 Å². The molecule has 0 saturated heterocycles. The lowest BCUT2D eigenvalue weighted by Crippen LogP contribution is -2.07. The normalized spacial score (nSPS) is 12.9. The molecule has 1 atom stereocenters. The monoisotopic (exact) mass is 252 g/mol. The zero-order chi connectivity index (χ0) is 12.3. The molecule has 0 amide bonds. The van der Waals surface area contributed by atoms with Gasteiger partial charge in [-0.15, -0.1) is 5.10 Å². The van der Waals surface area contributed by atoms with Gasteiger partial charge in [-0.3, -0.25) is 4.68 Å². The summed E-state index contributed by atoms with van der Waals surface area (Å²) in [5.41, 5.74) is 2.13. The van der Waals surface area contributed by atoms with Crippen LogP contribution in [0.25, 0.3) is 0 Å². The molecule has 2 rings (SSSR count). The highest BCUT2D eigenvalue weighted by Gasteiger charge is 2.14. The van der Waals surface area contributed by atoms with Crippen LogP contribution in [0.4, 0.5) is 0 Å². The van der Waals surface area contributed by atoms with Crippen molar-refractivity contribution in [2.75, 3.05) is 0 Å². The largest absolute Gasteiger partial charge is 0.387 e. The summed E-state index contributed by atoms with van der Waals surface area (Å²) in [5, 5.41) is 18.2. The fourth-order valence-corrected chi connectivity index (χ4v) is 2.23. The molecule has 2 heterocycles. The molecule has 0 bridgehead atoms. The molecule has 2 aromatic heterocycles. The van der Waals surface area contributed by atoms with Gasteiger partial charge >= 0.3 is 0 Å². The van der Waals surface area contributed by atoms with Crippen molar-refractivity contribution in [1.82, 2.24) is 19.4 Å². The molecule has 0 aliphatic rings. The molecule has 1 N–H and O–H groups in total. The number of hydrogen-bond donors (Lipinski definition) is 1. The average Bonchev–Trinajstić information content (AvgIpc) is 2.97. The van der Waals surface area contributed by atoms with E-state index >= 15 is 0 Å². The van der Waals surface area contributed by atoms with Gasteiger partial charge in [0.05, 0.1) is 22.9 Å². The smallest absolute Gasteiger partial charge is 0.0969 e. The summed E-state index contributed by atoms with van der Waals surface area (Å²) >= 11 is 1.24. The van der Waals surface area contributed by atoms with Crippen molar-refractivity contribution in [3.8, 4) is 0 Å². The summed E-state index contributed by atoms with van der Waals surface area (Å²) in [7, 11) is 0. The molecule has 0 aliphatic carbocycles. The summed E-state index contributed by atoms with van der Waals surface area (Å²) in [5.74, 6) is 0. The first-order valence-corrected chi connectivity index (χ1v) is 6.52. The Balaban J connectivity index is 2.15. The van der Waals surface area contributed by atoms with E-state index in [-0.39, 0.29) is 0 Å². The summed E-state index contributed by atoms with van der Waals surface area (Å²) in [4.78, 5) is 0.798. The number of nitrogens with zero attached hydrogens (tertiary/aromatic N) is 4. The number of aryl methyl sites for hydroxylation is 2. The highest BCUT2D eigenvalue weighted by atomic mass is 32.1. The quantitative estimate of drug-likeness (QED) is 0.877. The molecule has 0 fully saturated rings. The maximum Gasteiger partial charge on any atom is 0.0969 e. The van der Waals surface area contributed by atoms with Crippen molar-refractivity contribution in [2.24, 2.45) is 0 Å². The molecule has 0 aromatic carbocycles. The Kier molecular flexibility index (Phi) is 3.86. The van der Waals surface area contributed by atoms with E-state index in [0.717, 1.165) is 29.2 Å². The molecule has 5 nitrogen and oxygen atoms in total. The highest BCUT2D eigenvalue weighted by Crippen LogP contribution is 2.20. The predicted molar refractivity (Wildman–Crippen MR) is 65.9 cm³/mol. The van der Waals surface area contributed by atoms with Gasteiger partial charge in [0.2, 0.25) is 0 Å². The second kappa shape index (κ2) is 5.37. The van der Waals surface area contributed by atoms with Gasteiger partial charge in [0.15, 0.2) is 0 Å². The Morgan fingerprint density at radius 1 is 1.47 bits per heavy atom. The SMILES string of the molecule is CCc1cc(CC(O)c2cnns2)n(CC)n1. The van der Waals surface area contributed by atoms with Crippen LogP contribution in [0, 0.1) is 0 Å². The predicted octanol–water partition coefficient (Wildman–Crippen LogP) is 1.59. The highest BCUT2D eigenvalue weighted by molar-refractivity contribution is 7.05. The minimum Gasteiger partial charge on any atom is -0.387 e. The molecular formula is C11H16N4OS. The summed E-state index contributed by atoms with van der Waals surface area (Å²) in [6, 6.07) is 2.06. The molecule has 2 aromatic rings. The number of aliphatic hydroxyl groups excluding tert-OH is 1. The minimum absolute atomic E-state index is 0.540. The average molecular weight is 252 g/mol. The van der Waals surface area contributed by atoms with Crippen LogP contribution in [0.15, 0.2) is 12.3 Å². The van der Waals surface area contributed by atoms with Gasteiger partial charge in [-0.1, -0.05) is 11.4 Å². The lowest BCUT2D eigenvalue weighted by molar-refractivity contribution is 0.179. The number of rotatable bonds is 5. The Morgan fingerprint density at radius 2 is 2.29 bits per heavy atom. The third-order valence-electron chi connectivity index (χ3n) is 2.68. The van der Waals surface area contributed by atoms with E-state index in [0.29, 0.717) is 6.42 Å². The van der Waals surface area contributed by atoms with E-state index in [1.54, 1.807) is 6.20 Å².